The quantitative estimate of drug-likeness (QED) is 0.607. The SMILES string of the molecule is COC(=O)c1ccc(C(O[Si](C)C)C(C)(C)C)cc1C(=O)OC. The van der Waals surface area contributed by atoms with E-state index >= 15 is 0 Å². The van der Waals surface area contributed by atoms with Crippen LogP contribution in [0.25, 0.3) is 0 Å². The first-order valence-electron chi connectivity index (χ1n) is 7.39. The molecule has 5 nitrogen and oxygen atoms in total. The van der Waals surface area contributed by atoms with E-state index in [4.69, 9.17) is 13.9 Å². The molecule has 0 N–H and O–H groups in total. The van der Waals surface area contributed by atoms with Gasteiger partial charge >= 0.3 is 11.9 Å². The number of rotatable bonds is 5. The Morgan fingerprint density at radius 3 is 1.96 bits per heavy atom. The summed E-state index contributed by atoms with van der Waals surface area (Å²) in [6, 6.07) is 5.06. The van der Waals surface area contributed by atoms with Gasteiger partial charge in [0.2, 0.25) is 9.04 Å². The summed E-state index contributed by atoms with van der Waals surface area (Å²) in [4.78, 5) is 23.9. The maximum Gasteiger partial charge on any atom is 0.338 e. The fraction of sp³-hybridized carbons (Fsp3) is 0.529. The Labute approximate surface area is 139 Å². The van der Waals surface area contributed by atoms with Crippen LogP contribution in [0, 0.1) is 5.41 Å². The second-order valence-electron chi connectivity index (χ2n) is 6.56. The highest BCUT2D eigenvalue weighted by molar-refractivity contribution is 6.48. The van der Waals surface area contributed by atoms with Crippen LogP contribution in [0.5, 0.6) is 0 Å². The van der Waals surface area contributed by atoms with Crippen LogP contribution < -0.4 is 0 Å². The lowest BCUT2D eigenvalue weighted by Crippen LogP contribution is -2.26. The topological polar surface area (TPSA) is 61.8 Å². The van der Waals surface area contributed by atoms with Crippen molar-refractivity contribution in [2.45, 2.75) is 40.0 Å². The molecular formula is C17H25O5Si. The summed E-state index contributed by atoms with van der Waals surface area (Å²) in [6.45, 7) is 10.4. The fourth-order valence-electron chi connectivity index (χ4n) is 2.27. The molecule has 1 radical (unpaired) electrons. The van der Waals surface area contributed by atoms with Crippen LogP contribution in [0.3, 0.4) is 0 Å². The lowest BCUT2D eigenvalue weighted by molar-refractivity contribution is 0.0553. The number of methoxy groups -OCH3 is 2. The Kier molecular flexibility index (Phi) is 6.53. The molecule has 127 valence electrons. The van der Waals surface area contributed by atoms with Crippen molar-refractivity contribution in [3.63, 3.8) is 0 Å². The van der Waals surface area contributed by atoms with Gasteiger partial charge in [-0.05, 0) is 36.2 Å². The van der Waals surface area contributed by atoms with Gasteiger partial charge in [-0.15, -0.1) is 0 Å². The van der Waals surface area contributed by atoms with E-state index in [2.05, 4.69) is 33.9 Å². The number of ether oxygens (including phenoxy) is 2. The molecular weight excluding hydrogens is 312 g/mol. The number of benzene rings is 1. The Hall–Kier alpha value is -1.66. The van der Waals surface area contributed by atoms with Gasteiger partial charge in [-0.25, -0.2) is 9.59 Å². The smallest absolute Gasteiger partial charge is 0.338 e. The Morgan fingerprint density at radius 1 is 1.00 bits per heavy atom. The Bertz CT molecular complexity index is 575. The van der Waals surface area contributed by atoms with E-state index in [1.54, 1.807) is 18.2 Å². The van der Waals surface area contributed by atoms with Crippen LogP contribution in [-0.2, 0) is 13.9 Å². The molecule has 0 aliphatic heterocycles. The maximum atomic E-state index is 12.0. The number of esters is 2. The molecule has 1 atom stereocenters. The lowest BCUT2D eigenvalue weighted by atomic mass is 9.84. The third kappa shape index (κ3) is 4.91. The van der Waals surface area contributed by atoms with Gasteiger partial charge in [0.15, 0.2) is 0 Å². The van der Waals surface area contributed by atoms with E-state index in [9.17, 15) is 9.59 Å². The zero-order chi connectivity index (χ0) is 17.8. The molecule has 1 unspecified atom stereocenters. The monoisotopic (exact) mass is 337 g/mol. The first kappa shape index (κ1) is 19.4. The van der Waals surface area contributed by atoms with Gasteiger partial charge in [-0.2, -0.15) is 0 Å². The van der Waals surface area contributed by atoms with Crippen LogP contribution in [0.4, 0.5) is 0 Å². The predicted molar refractivity (Wildman–Crippen MR) is 89.9 cm³/mol. The third-order valence-electron chi connectivity index (χ3n) is 3.30. The zero-order valence-corrected chi connectivity index (χ0v) is 15.9. The van der Waals surface area contributed by atoms with Gasteiger partial charge in [-0.1, -0.05) is 26.8 Å². The number of carbonyl (C=O) groups is 2. The largest absolute Gasteiger partial charge is 0.465 e. The molecule has 0 bridgehead atoms. The summed E-state index contributed by atoms with van der Waals surface area (Å²) in [7, 11) is 1.62. The fourth-order valence-corrected chi connectivity index (χ4v) is 3.23. The van der Waals surface area contributed by atoms with E-state index in [1.165, 1.54) is 14.2 Å². The highest BCUT2D eigenvalue weighted by Crippen LogP contribution is 2.37. The van der Waals surface area contributed by atoms with Crippen molar-refractivity contribution in [2.75, 3.05) is 14.2 Å². The molecule has 23 heavy (non-hydrogen) atoms. The van der Waals surface area contributed by atoms with Crippen molar-refractivity contribution in [3.05, 3.63) is 34.9 Å². The summed E-state index contributed by atoms with van der Waals surface area (Å²) in [5.74, 6) is -1.14. The van der Waals surface area contributed by atoms with Gasteiger partial charge in [0.25, 0.3) is 0 Å². The Morgan fingerprint density at radius 2 is 1.52 bits per heavy atom. The van der Waals surface area contributed by atoms with Gasteiger partial charge in [0, 0.05) is 0 Å². The molecule has 1 rings (SSSR count). The molecule has 0 saturated heterocycles. The molecule has 1 aromatic carbocycles. The van der Waals surface area contributed by atoms with Gasteiger partial charge in [0.1, 0.15) is 0 Å². The number of hydrogen-bond donors (Lipinski definition) is 0. The second kappa shape index (κ2) is 7.74. The minimum atomic E-state index is -0.939. The van der Waals surface area contributed by atoms with E-state index < -0.39 is 21.0 Å². The number of hydrogen-bond acceptors (Lipinski definition) is 5. The minimum Gasteiger partial charge on any atom is -0.465 e. The second-order valence-corrected chi connectivity index (χ2v) is 8.61. The third-order valence-corrected chi connectivity index (χ3v) is 4.00. The van der Waals surface area contributed by atoms with E-state index in [-0.39, 0.29) is 22.6 Å². The van der Waals surface area contributed by atoms with E-state index in [1.807, 2.05) is 0 Å². The average Bonchev–Trinajstić information content (AvgIpc) is 2.49. The first-order valence-corrected chi connectivity index (χ1v) is 9.80. The predicted octanol–water partition coefficient (Wildman–Crippen LogP) is 3.61. The molecule has 6 heteroatoms. The molecule has 0 saturated carbocycles. The van der Waals surface area contributed by atoms with Crippen molar-refractivity contribution in [3.8, 4) is 0 Å². The summed E-state index contributed by atoms with van der Waals surface area (Å²) in [5, 5.41) is 0. The summed E-state index contributed by atoms with van der Waals surface area (Å²) >= 11 is 0. The molecule has 0 aliphatic rings. The average molecular weight is 337 g/mol. The molecule has 0 heterocycles. The zero-order valence-electron chi connectivity index (χ0n) is 14.9. The van der Waals surface area contributed by atoms with Gasteiger partial charge in [0.05, 0.1) is 31.5 Å². The van der Waals surface area contributed by atoms with E-state index in [0.29, 0.717) is 0 Å². The van der Waals surface area contributed by atoms with Crippen LogP contribution in [-0.4, -0.2) is 35.2 Å². The molecule has 0 aromatic heterocycles. The van der Waals surface area contributed by atoms with Crippen LogP contribution in [0.15, 0.2) is 18.2 Å². The molecule has 1 aromatic rings. The standard InChI is InChI=1S/C17H25O5Si/c1-17(2,3)14(22-23(6)7)11-8-9-12(15(18)20-4)13(10-11)16(19)21-5/h8-10,14H,1-7H3. The van der Waals surface area contributed by atoms with Gasteiger partial charge in [-0.3, -0.25) is 0 Å². The number of carbonyl (C=O) groups excluding carboxylic acids is 2. The van der Waals surface area contributed by atoms with Crippen molar-refractivity contribution in [2.24, 2.45) is 5.41 Å². The lowest BCUT2D eigenvalue weighted by Gasteiger charge is -2.33. The highest BCUT2D eigenvalue weighted by Gasteiger charge is 2.30. The van der Waals surface area contributed by atoms with Crippen LogP contribution in [0.2, 0.25) is 13.1 Å². The van der Waals surface area contributed by atoms with Crippen molar-refractivity contribution < 1.29 is 23.5 Å². The first-order chi connectivity index (χ1) is 10.6. The Balaban J connectivity index is 3.42. The maximum absolute atomic E-state index is 12.0. The summed E-state index contributed by atoms with van der Waals surface area (Å²) in [6.07, 6.45) is -0.179. The molecule has 0 spiro atoms. The van der Waals surface area contributed by atoms with Crippen LogP contribution in [0.1, 0.15) is 53.2 Å². The van der Waals surface area contributed by atoms with Gasteiger partial charge < -0.3 is 13.9 Å². The summed E-state index contributed by atoms with van der Waals surface area (Å²) in [5.41, 5.74) is 1.07. The molecule has 0 aliphatic carbocycles. The minimum absolute atomic E-state index is 0.151. The molecule has 0 amide bonds. The van der Waals surface area contributed by atoms with Crippen molar-refractivity contribution >= 4 is 21.0 Å². The highest BCUT2D eigenvalue weighted by atomic mass is 28.3. The van der Waals surface area contributed by atoms with Crippen molar-refractivity contribution in [1.82, 2.24) is 0 Å². The van der Waals surface area contributed by atoms with Crippen molar-refractivity contribution in [1.29, 1.82) is 0 Å². The summed E-state index contributed by atoms with van der Waals surface area (Å²) < 4.78 is 15.7. The normalized spacial score (nSPS) is 12.9. The molecule has 0 fully saturated rings. The van der Waals surface area contributed by atoms with E-state index in [0.717, 1.165) is 5.56 Å². The van der Waals surface area contributed by atoms with Crippen LogP contribution >= 0.6 is 0 Å².